The first-order chi connectivity index (χ1) is 11.1. The van der Waals surface area contributed by atoms with E-state index in [1.165, 1.54) is 11.3 Å². The number of amides is 1. The number of primary amides is 1. The molecule has 1 amide bonds. The van der Waals surface area contributed by atoms with Crippen molar-refractivity contribution in [2.75, 3.05) is 17.7 Å². The number of benzene rings is 2. The Morgan fingerprint density at radius 1 is 1.26 bits per heavy atom. The summed E-state index contributed by atoms with van der Waals surface area (Å²) in [5, 5.41) is 18.6. The molecule has 1 aromatic heterocycles. The van der Waals surface area contributed by atoms with Gasteiger partial charge in [-0.15, -0.1) is 0 Å². The number of rotatable bonds is 5. The first-order valence-corrected chi connectivity index (χ1v) is 7.81. The van der Waals surface area contributed by atoms with Gasteiger partial charge in [0, 0.05) is 12.7 Å². The van der Waals surface area contributed by atoms with Gasteiger partial charge in [-0.25, -0.2) is 4.98 Å². The topological polar surface area (TPSA) is 100 Å². The number of hydrogen-bond acceptors (Lipinski definition) is 6. The summed E-state index contributed by atoms with van der Waals surface area (Å²) >= 11 is 1.33. The van der Waals surface area contributed by atoms with Crippen molar-refractivity contribution < 1.29 is 9.90 Å². The van der Waals surface area contributed by atoms with Crippen molar-refractivity contribution >= 4 is 43.8 Å². The monoisotopic (exact) mass is 328 g/mol. The van der Waals surface area contributed by atoms with Gasteiger partial charge in [0.15, 0.2) is 10.8 Å². The minimum atomic E-state index is -0.561. The molecule has 0 aliphatic rings. The Balaban J connectivity index is 1.91. The van der Waals surface area contributed by atoms with Gasteiger partial charge in [-0.3, -0.25) is 4.79 Å². The lowest BCUT2D eigenvalue weighted by molar-refractivity contribution is 0.0997. The molecule has 0 unspecified atom stereocenters. The molecule has 1 heterocycles. The predicted octanol–water partition coefficient (Wildman–Crippen LogP) is 2.67. The van der Waals surface area contributed by atoms with Crippen LogP contribution in [0.1, 0.15) is 16.1 Å². The zero-order chi connectivity index (χ0) is 16.4. The van der Waals surface area contributed by atoms with Crippen molar-refractivity contribution in [1.82, 2.24) is 4.98 Å². The Labute approximate surface area is 137 Å². The van der Waals surface area contributed by atoms with E-state index in [0.29, 0.717) is 10.1 Å². The second-order valence-electron chi connectivity index (χ2n) is 4.99. The number of hydrogen-bond donors (Lipinski definition) is 4. The summed E-state index contributed by atoms with van der Waals surface area (Å²) in [5.41, 5.74) is 7.29. The number of nitrogens with one attached hydrogen (secondary N) is 2. The summed E-state index contributed by atoms with van der Waals surface area (Å²) in [6.45, 7) is 0.0255. The van der Waals surface area contributed by atoms with Crippen molar-refractivity contribution in [2.45, 2.75) is 6.61 Å². The Bertz CT molecular complexity index is 876. The van der Waals surface area contributed by atoms with E-state index >= 15 is 0 Å². The highest BCUT2D eigenvalue weighted by atomic mass is 32.1. The summed E-state index contributed by atoms with van der Waals surface area (Å²) in [6, 6.07) is 11.7. The van der Waals surface area contributed by atoms with Crippen molar-refractivity contribution in [3.05, 3.63) is 47.7 Å². The molecule has 0 saturated carbocycles. The van der Waals surface area contributed by atoms with Crippen LogP contribution in [-0.4, -0.2) is 23.0 Å². The highest BCUT2D eigenvalue weighted by Crippen LogP contribution is 2.31. The van der Waals surface area contributed by atoms with Crippen molar-refractivity contribution in [3.63, 3.8) is 0 Å². The van der Waals surface area contributed by atoms with Gasteiger partial charge in [0.2, 0.25) is 0 Å². The molecule has 0 radical (unpaired) electrons. The first kappa shape index (κ1) is 15.3. The maximum absolute atomic E-state index is 11.4. The smallest absolute Gasteiger partial charge is 0.270 e. The van der Waals surface area contributed by atoms with Gasteiger partial charge in [0.05, 0.1) is 6.61 Å². The van der Waals surface area contributed by atoms with E-state index in [-0.39, 0.29) is 12.3 Å². The fourth-order valence-electron chi connectivity index (χ4n) is 2.30. The second kappa shape index (κ2) is 6.23. The van der Waals surface area contributed by atoms with E-state index in [4.69, 9.17) is 5.73 Å². The van der Waals surface area contributed by atoms with Crippen LogP contribution in [-0.2, 0) is 6.61 Å². The average Bonchev–Trinajstić information content (AvgIpc) is 2.97. The summed E-state index contributed by atoms with van der Waals surface area (Å²) in [6.07, 6.45) is 0. The number of anilines is 3. The minimum absolute atomic E-state index is 0.0255. The van der Waals surface area contributed by atoms with Gasteiger partial charge in [-0.2, -0.15) is 0 Å². The number of aromatic nitrogens is 1. The molecule has 0 spiro atoms. The minimum Gasteiger partial charge on any atom is -0.392 e. The van der Waals surface area contributed by atoms with Crippen LogP contribution in [0.25, 0.3) is 10.8 Å². The molecule has 0 bridgehead atoms. The number of aliphatic hydroxyl groups is 1. The van der Waals surface area contributed by atoms with Crippen LogP contribution in [0.4, 0.5) is 15.8 Å². The SMILES string of the molecule is CNc1sc(Nc2ccc3cc(CO)ccc3c2)nc1C(N)=O. The van der Waals surface area contributed by atoms with Crippen LogP contribution in [0.2, 0.25) is 0 Å². The molecular weight excluding hydrogens is 312 g/mol. The quantitative estimate of drug-likeness (QED) is 0.577. The molecule has 0 aliphatic carbocycles. The molecule has 23 heavy (non-hydrogen) atoms. The molecule has 0 saturated heterocycles. The Morgan fingerprint density at radius 2 is 2.00 bits per heavy atom. The molecule has 0 fully saturated rings. The third kappa shape index (κ3) is 3.10. The highest BCUT2D eigenvalue weighted by molar-refractivity contribution is 7.19. The summed E-state index contributed by atoms with van der Waals surface area (Å²) in [4.78, 5) is 15.6. The van der Waals surface area contributed by atoms with Gasteiger partial charge < -0.3 is 21.5 Å². The van der Waals surface area contributed by atoms with Crippen LogP contribution in [0.15, 0.2) is 36.4 Å². The van der Waals surface area contributed by atoms with Crippen molar-refractivity contribution in [2.24, 2.45) is 5.73 Å². The van der Waals surface area contributed by atoms with Crippen LogP contribution < -0.4 is 16.4 Å². The summed E-state index contributed by atoms with van der Waals surface area (Å²) in [7, 11) is 1.72. The number of thiazole rings is 1. The Morgan fingerprint density at radius 3 is 2.65 bits per heavy atom. The van der Waals surface area contributed by atoms with Crippen LogP contribution >= 0.6 is 11.3 Å². The normalized spacial score (nSPS) is 10.7. The molecule has 7 heteroatoms. The number of aliphatic hydroxyl groups excluding tert-OH is 1. The lowest BCUT2D eigenvalue weighted by Crippen LogP contribution is -2.13. The van der Waals surface area contributed by atoms with E-state index in [1.54, 1.807) is 7.05 Å². The molecule has 6 nitrogen and oxygen atoms in total. The third-order valence-corrected chi connectivity index (χ3v) is 4.41. The van der Waals surface area contributed by atoms with E-state index in [1.807, 2.05) is 36.4 Å². The Kier molecular flexibility index (Phi) is 4.14. The molecule has 0 atom stereocenters. The number of fused-ring (bicyclic) bond motifs is 1. The van der Waals surface area contributed by atoms with Gasteiger partial charge in [-0.05, 0) is 34.5 Å². The summed E-state index contributed by atoms with van der Waals surface area (Å²) < 4.78 is 0. The number of carbonyl (C=O) groups excluding carboxylic acids is 1. The average molecular weight is 328 g/mol. The fraction of sp³-hybridized carbons (Fsp3) is 0.125. The van der Waals surface area contributed by atoms with Gasteiger partial charge in [0.25, 0.3) is 5.91 Å². The Hall–Kier alpha value is -2.64. The zero-order valence-corrected chi connectivity index (χ0v) is 13.3. The lowest BCUT2D eigenvalue weighted by Gasteiger charge is -2.06. The maximum atomic E-state index is 11.4. The first-order valence-electron chi connectivity index (χ1n) is 6.99. The number of nitrogens with zero attached hydrogens (tertiary/aromatic N) is 1. The molecule has 3 rings (SSSR count). The third-order valence-electron chi connectivity index (χ3n) is 3.43. The number of carbonyl (C=O) groups is 1. The fourth-order valence-corrected chi connectivity index (χ4v) is 3.15. The summed E-state index contributed by atoms with van der Waals surface area (Å²) in [5.74, 6) is -0.561. The van der Waals surface area contributed by atoms with Crippen LogP contribution in [0, 0.1) is 0 Å². The standard InChI is InChI=1S/C16H16N4O2S/c1-18-15-13(14(17)22)20-16(23-15)19-12-5-4-10-6-9(8-21)2-3-11(10)7-12/h2-7,18,21H,8H2,1H3,(H2,17,22)(H,19,20). The highest BCUT2D eigenvalue weighted by Gasteiger charge is 2.14. The molecular formula is C16H16N4O2S. The van der Waals surface area contributed by atoms with E-state index < -0.39 is 5.91 Å². The van der Waals surface area contributed by atoms with Gasteiger partial charge in [-0.1, -0.05) is 29.5 Å². The number of nitrogens with two attached hydrogens (primary N) is 1. The predicted molar refractivity (Wildman–Crippen MR) is 93.3 cm³/mol. The van der Waals surface area contributed by atoms with Crippen LogP contribution in [0.3, 0.4) is 0 Å². The molecule has 0 aliphatic heterocycles. The van der Waals surface area contributed by atoms with E-state index in [2.05, 4.69) is 15.6 Å². The van der Waals surface area contributed by atoms with Crippen molar-refractivity contribution in [1.29, 1.82) is 0 Å². The maximum Gasteiger partial charge on any atom is 0.270 e. The molecule has 2 aromatic carbocycles. The molecule has 3 aromatic rings. The molecule has 5 N–H and O–H groups in total. The van der Waals surface area contributed by atoms with E-state index in [9.17, 15) is 9.90 Å². The van der Waals surface area contributed by atoms with E-state index in [0.717, 1.165) is 22.0 Å². The molecule has 118 valence electrons. The zero-order valence-electron chi connectivity index (χ0n) is 12.5. The van der Waals surface area contributed by atoms with Crippen molar-refractivity contribution in [3.8, 4) is 0 Å². The van der Waals surface area contributed by atoms with Gasteiger partial charge >= 0.3 is 0 Å². The van der Waals surface area contributed by atoms with Gasteiger partial charge in [0.1, 0.15) is 5.00 Å². The van der Waals surface area contributed by atoms with Crippen LogP contribution in [0.5, 0.6) is 0 Å². The largest absolute Gasteiger partial charge is 0.392 e. The lowest BCUT2D eigenvalue weighted by atomic mass is 10.1. The second-order valence-corrected chi connectivity index (χ2v) is 5.99.